The monoisotopic (exact) mass is 359 g/mol. The first kappa shape index (κ1) is 13.3. The third-order valence-corrected chi connectivity index (χ3v) is 3.95. The van der Waals surface area contributed by atoms with Crippen LogP contribution < -0.4 is 5.32 Å². The molecule has 96 valence electrons. The van der Waals surface area contributed by atoms with Gasteiger partial charge in [-0.05, 0) is 60.4 Å². The molecular weight excluding hydrogens is 345 g/mol. The van der Waals surface area contributed by atoms with E-state index in [9.17, 15) is 9.59 Å². The van der Waals surface area contributed by atoms with Crippen LogP contribution in [0.15, 0.2) is 18.2 Å². The summed E-state index contributed by atoms with van der Waals surface area (Å²) in [6, 6.07) is 4.81. The minimum Gasteiger partial charge on any atom is -0.480 e. The van der Waals surface area contributed by atoms with Crippen molar-refractivity contribution in [3.63, 3.8) is 0 Å². The molecule has 0 heterocycles. The number of rotatable bonds is 4. The molecule has 1 amide bonds. The predicted molar refractivity (Wildman–Crippen MR) is 75.5 cm³/mol. The van der Waals surface area contributed by atoms with E-state index in [4.69, 9.17) is 5.11 Å². The number of hydrogen-bond donors (Lipinski definition) is 2. The van der Waals surface area contributed by atoms with E-state index in [2.05, 4.69) is 27.9 Å². The zero-order valence-corrected chi connectivity index (χ0v) is 12.1. The Balaban J connectivity index is 2.15. The molecule has 5 heteroatoms. The number of halogens is 1. The number of hydrogen-bond acceptors (Lipinski definition) is 2. The Morgan fingerprint density at radius 3 is 2.67 bits per heavy atom. The number of aryl methyl sites for hydroxylation is 1. The number of nitrogens with one attached hydrogen (secondary N) is 1. The van der Waals surface area contributed by atoms with Gasteiger partial charge >= 0.3 is 5.97 Å². The molecule has 0 radical (unpaired) electrons. The zero-order valence-electron chi connectivity index (χ0n) is 9.94. The quantitative estimate of drug-likeness (QED) is 0.810. The molecule has 0 aliphatic heterocycles. The second-order valence-electron chi connectivity index (χ2n) is 4.61. The Hall–Kier alpha value is -1.11. The minimum atomic E-state index is -0.950. The summed E-state index contributed by atoms with van der Waals surface area (Å²) in [6.07, 6.45) is 1.75. The van der Waals surface area contributed by atoms with E-state index in [-0.39, 0.29) is 11.8 Å². The van der Waals surface area contributed by atoms with Crippen molar-refractivity contribution >= 4 is 34.5 Å². The lowest BCUT2D eigenvalue weighted by molar-refractivity contribution is -0.139. The van der Waals surface area contributed by atoms with Gasteiger partial charge in [-0.15, -0.1) is 0 Å². The zero-order chi connectivity index (χ0) is 13.3. The highest BCUT2D eigenvalue weighted by Gasteiger charge is 2.37. The Labute approximate surface area is 119 Å². The summed E-state index contributed by atoms with van der Waals surface area (Å²) in [5, 5.41) is 11.7. The average molecular weight is 359 g/mol. The maximum Gasteiger partial charge on any atom is 0.326 e. The molecule has 0 saturated heterocycles. The van der Waals surface area contributed by atoms with E-state index in [1.165, 1.54) is 0 Å². The lowest BCUT2D eigenvalue weighted by Crippen LogP contribution is -2.42. The van der Waals surface area contributed by atoms with E-state index in [1.54, 1.807) is 6.07 Å². The number of carboxylic acid groups (broad SMARTS) is 1. The van der Waals surface area contributed by atoms with Crippen LogP contribution in [-0.2, 0) is 4.79 Å². The highest BCUT2D eigenvalue weighted by molar-refractivity contribution is 14.1. The fourth-order valence-electron chi connectivity index (χ4n) is 1.84. The lowest BCUT2D eigenvalue weighted by atomic mass is 10.1. The Morgan fingerprint density at radius 1 is 1.44 bits per heavy atom. The topological polar surface area (TPSA) is 66.4 Å². The third-order valence-electron chi connectivity index (χ3n) is 3.01. The molecule has 1 atom stereocenters. The molecule has 1 aromatic carbocycles. The van der Waals surface area contributed by atoms with Gasteiger partial charge in [-0.2, -0.15) is 0 Å². The highest BCUT2D eigenvalue weighted by atomic mass is 127. The van der Waals surface area contributed by atoms with Crippen molar-refractivity contribution in [3.8, 4) is 0 Å². The second-order valence-corrected chi connectivity index (χ2v) is 5.77. The van der Waals surface area contributed by atoms with Gasteiger partial charge in [0.1, 0.15) is 6.04 Å². The molecule has 2 rings (SSSR count). The molecule has 0 spiro atoms. The highest BCUT2D eigenvalue weighted by Crippen LogP contribution is 2.33. The number of carbonyl (C=O) groups is 2. The minimum absolute atomic E-state index is 0.0916. The first-order valence-electron chi connectivity index (χ1n) is 5.79. The van der Waals surface area contributed by atoms with Gasteiger partial charge in [0, 0.05) is 3.57 Å². The van der Waals surface area contributed by atoms with Gasteiger partial charge in [0.25, 0.3) is 5.91 Å². The molecule has 1 aliphatic carbocycles. The average Bonchev–Trinajstić information content (AvgIpc) is 3.12. The van der Waals surface area contributed by atoms with E-state index in [0.717, 1.165) is 22.0 Å². The number of benzene rings is 1. The summed E-state index contributed by atoms with van der Waals surface area (Å²) in [5.41, 5.74) is 1.53. The summed E-state index contributed by atoms with van der Waals surface area (Å²) in [5.74, 6) is -1.16. The molecule has 1 aliphatic rings. The van der Waals surface area contributed by atoms with E-state index >= 15 is 0 Å². The predicted octanol–water partition coefficient (Wildman–Crippen LogP) is 2.19. The summed E-state index contributed by atoms with van der Waals surface area (Å²) in [7, 11) is 0. The number of amides is 1. The molecular formula is C13H14INO3. The molecule has 4 nitrogen and oxygen atoms in total. The Morgan fingerprint density at radius 2 is 2.11 bits per heavy atom. The molecule has 18 heavy (non-hydrogen) atoms. The van der Waals surface area contributed by atoms with Crippen molar-refractivity contribution in [3.05, 3.63) is 32.9 Å². The molecule has 2 N–H and O–H groups in total. The first-order chi connectivity index (χ1) is 8.49. The van der Waals surface area contributed by atoms with E-state index in [0.29, 0.717) is 5.56 Å². The van der Waals surface area contributed by atoms with Crippen LogP contribution in [0.2, 0.25) is 0 Å². The van der Waals surface area contributed by atoms with E-state index < -0.39 is 12.0 Å². The Kier molecular flexibility index (Phi) is 3.89. The van der Waals surface area contributed by atoms with Crippen LogP contribution in [0.5, 0.6) is 0 Å². The van der Waals surface area contributed by atoms with Crippen LogP contribution in [0.3, 0.4) is 0 Å². The van der Waals surface area contributed by atoms with Crippen LogP contribution in [0.4, 0.5) is 0 Å². The van der Waals surface area contributed by atoms with Gasteiger partial charge in [-0.3, -0.25) is 4.79 Å². The molecule has 1 aromatic rings. The number of carboxylic acids is 1. The molecule has 1 saturated carbocycles. The largest absolute Gasteiger partial charge is 0.480 e. The molecule has 1 unspecified atom stereocenters. The van der Waals surface area contributed by atoms with Crippen molar-refractivity contribution in [2.45, 2.75) is 25.8 Å². The first-order valence-corrected chi connectivity index (χ1v) is 6.86. The fraction of sp³-hybridized carbons (Fsp3) is 0.385. The number of aliphatic carboxylic acids is 1. The molecule has 0 bridgehead atoms. The van der Waals surface area contributed by atoms with Crippen molar-refractivity contribution in [2.24, 2.45) is 5.92 Å². The van der Waals surface area contributed by atoms with Crippen LogP contribution in [0, 0.1) is 16.4 Å². The smallest absolute Gasteiger partial charge is 0.326 e. The SMILES string of the molecule is Cc1ccc(I)c(C(=O)NC(C(=O)O)C2CC2)c1. The van der Waals surface area contributed by atoms with Gasteiger partial charge in [0.15, 0.2) is 0 Å². The molecule has 0 aromatic heterocycles. The lowest BCUT2D eigenvalue weighted by Gasteiger charge is -2.14. The molecule has 1 fully saturated rings. The van der Waals surface area contributed by atoms with Crippen molar-refractivity contribution in [2.75, 3.05) is 0 Å². The third kappa shape index (κ3) is 3.01. The summed E-state index contributed by atoms with van der Waals surface area (Å²) in [6.45, 7) is 1.91. The number of carbonyl (C=O) groups excluding carboxylic acids is 1. The van der Waals surface area contributed by atoms with Crippen LogP contribution in [0.25, 0.3) is 0 Å². The van der Waals surface area contributed by atoms with E-state index in [1.807, 2.05) is 19.1 Å². The maximum absolute atomic E-state index is 12.1. The summed E-state index contributed by atoms with van der Waals surface area (Å²) < 4.78 is 0.829. The van der Waals surface area contributed by atoms with Crippen molar-refractivity contribution in [1.82, 2.24) is 5.32 Å². The Bertz CT molecular complexity index is 497. The van der Waals surface area contributed by atoms with Crippen LogP contribution >= 0.6 is 22.6 Å². The second kappa shape index (κ2) is 5.26. The van der Waals surface area contributed by atoms with Gasteiger partial charge < -0.3 is 10.4 Å². The fourth-order valence-corrected chi connectivity index (χ4v) is 2.42. The van der Waals surface area contributed by atoms with Gasteiger partial charge in [0.05, 0.1) is 5.56 Å². The van der Waals surface area contributed by atoms with Gasteiger partial charge in [-0.25, -0.2) is 4.79 Å². The van der Waals surface area contributed by atoms with Crippen LogP contribution in [-0.4, -0.2) is 23.0 Å². The van der Waals surface area contributed by atoms with Gasteiger partial charge in [0.2, 0.25) is 0 Å². The maximum atomic E-state index is 12.1. The van der Waals surface area contributed by atoms with Crippen molar-refractivity contribution in [1.29, 1.82) is 0 Å². The standard InChI is InChI=1S/C13H14INO3/c1-7-2-5-10(14)9(6-7)12(16)15-11(13(17)18)8-3-4-8/h2,5-6,8,11H,3-4H2,1H3,(H,15,16)(H,17,18). The summed E-state index contributed by atoms with van der Waals surface area (Å²) >= 11 is 2.08. The van der Waals surface area contributed by atoms with Gasteiger partial charge in [-0.1, -0.05) is 11.6 Å². The normalized spacial score (nSPS) is 16.1. The van der Waals surface area contributed by atoms with Crippen LogP contribution in [0.1, 0.15) is 28.8 Å². The summed E-state index contributed by atoms with van der Waals surface area (Å²) in [4.78, 5) is 23.2. The van der Waals surface area contributed by atoms with Crippen molar-refractivity contribution < 1.29 is 14.7 Å².